The highest BCUT2D eigenvalue weighted by atomic mass is 79.9. The Bertz CT molecular complexity index is 932. The number of nitrogens with one attached hydrogen (secondary N) is 1. The molecule has 8 heteroatoms. The van der Waals surface area contributed by atoms with Crippen molar-refractivity contribution in [3.05, 3.63) is 34.1 Å². The lowest BCUT2D eigenvalue weighted by Crippen LogP contribution is -2.58. The third kappa shape index (κ3) is 2.26. The van der Waals surface area contributed by atoms with Crippen LogP contribution in [-0.4, -0.2) is 11.7 Å². The van der Waals surface area contributed by atoms with E-state index in [1.165, 1.54) is 18.2 Å². The van der Waals surface area contributed by atoms with Crippen molar-refractivity contribution in [1.29, 1.82) is 21.2 Å². The Hall–Kier alpha value is -2.47. The molecule has 0 radical (unpaired) electrons. The van der Waals surface area contributed by atoms with Gasteiger partial charge in [-0.3, -0.25) is 5.41 Å². The molecule has 4 unspecified atom stereocenters. The molecule has 2 aliphatic heterocycles. The van der Waals surface area contributed by atoms with Gasteiger partial charge < -0.3 is 9.47 Å². The Morgan fingerprint density at radius 3 is 2.48 bits per heavy atom. The van der Waals surface area contributed by atoms with Crippen molar-refractivity contribution in [3.8, 4) is 18.2 Å². The summed E-state index contributed by atoms with van der Waals surface area (Å²) in [5.74, 6) is -3.28. The lowest BCUT2D eigenvalue weighted by molar-refractivity contribution is -0.274. The van der Waals surface area contributed by atoms with E-state index >= 15 is 0 Å². The molecule has 0 amide bonds. The van der Waals surface area contributed by atoms with Gasteiger partial charge in [0.1, 0.15) is 11.9 Å². The molecule has 4 atom stereocenters. The number of benzene rings is 1. The molecule has 2 bridgehead atoms. The normalized spacial score (nSPS) is 33.4. The van der Waals surface area contributed by atoms with Crippen molar-refractivity contribution in [2.45, 2.75) is 38.6 Å². The first kappa shape index (κ1) is 19.3. The first-order chi connectivity index (χ1) is 12.8. The highest BCUT2D eigenvalue weighted by Crippen LogP contribution is 2.67. The number of nitrogens with zero attached hydrogens (tertiary/aromatic N) is 3. The fourth-order valence-electron chi connectivity index (χ4n) is 4.31. The van der Waals surface area contributed by atoms with Crippen LogP contribution in [0.25, 0.3) is 0 Å². The molecule has 2 fully saturated rings. The van der Waals surface area contributed by atoms with Gasteiger partial charge in [0.05, 0.1) is 24.1 Å². The van der Waals surface area contributed by atoms with Gasteiger partial charge in [-0.15, -0.1) is 0 Å². The summed E-state index contributed by atoms with van der Waals surface area (Å²) in [6.07, 6.45) is -0.358. The number of hydrogen-bond donors (Lipinski definition) is 1. The summed E-state index contributed by atoms with van der Waals surface area (Å²) in [5.41, 5.74) is -4.04. The molecule has 2 heterocycles. The minimum absolute atomic E-state index is 0.0356. The van der Waals surface area contributed by atoms with Crippen LogP contribution in [0.1, 0.15) is 38.4 Å². The summed E-state index contributed by atoms with van der Waals surface area (Å²) in [5, 5.41) is 38.5. The Kier molecular flexibility index (Phi) is 4.50. The first-order valence-electron chi connectivity index (χ1n) is 8.40. The molecular formula is C19H16BrFN4O2. The Morgan fingerprint density at radius 2 is 1.93 bits per heavy atom. The van der Waals surface area contributed by atoms with Gasteiger partial charge in [-0.05, 0) is 24.6 Å². The van der Waals surface area contributed by atoms with Crippen LogP contribution in [0, 0.1) is 62.0 Å². The van der Waals surface area contributed by atoms with Crippen LogP contribution in [0.15, 0.2) is 22.7 Å². The summed E-state index contributed by atoms with van der Waals surface area (Å²) in [7, 11) is 0. The van der Waals surface area contributed by atoms with E-state index < -0.39 is 40.4 Å². The van der Waals surface area contributed by atoms with Crippen LogP contribution >= 0.6 is 15.9 Å². The van der Waals surface area contributed by atoms with Crippen LogP contribution in [0.4, 0.5) is 4.39 Å². The van der Waals surface area contributed by atoms with Crippen molar-refractivity contribution in [1.82, 2.24) is 0 Å². The number of rotatable bonds is 3. The molecule has 1 aromatic carbocycles. The van der Waals surface area contributed by atoms with E-state index in [1.807, 2.05) is 25.1 Å². The van der Waals surface area contributed by atoms with Crippen LogP contribution < -0.4 is 0 Å². The van der Waals surface area contributed by atoms with E-state index in [0.717, 1.165) is 0 Å². The van der Waals surface area contributed by atoms with E-state index in [-0.39, 0.29) is 5.56 Å². The predicted octanol–water partition coefficient (Wildman–Crippen LogP) is 4.34. The van der Waals surface area contributed by atoms with E-state index in [4.69, 9.17) is 14.9 Å². The Balaban J connectivity index is 2.36. The maximum absolute atomic E-state index is 14.6. The molecule has 2 saturated heterocycles. The maximum atomic E-state index is 14.6. The fraction of sp³-hybridized carbons (Fsp3) is 0.474. The largest absolute Gasteiger partial charge is 0.448 e. The van der Waals surface area contributed by atoms with Crippen molar-refractivity contribution in [3.63, 3.8) is 0 Å². The molecule has 1 N–H and O–H groups in total. The molecule has 0 saturated carbocycles. The van der Waals surface area contributed by atoms with Gasteiger partial charge in [-0.2, -0.15) is 15.8 Å². The summed E-state index contributed by atoms with van der Waals surface area (Å²) < 4.78 is 26.8. The van der Waals surface area contributed by atoms with E-state index in [0.29, 0.717) is 17.3 Å². The highest BCUT2D eigenvalue weighted by molar-refractivity contribution is 9.10. The number of fused-ring (bicyclic) bond motifs is 2. The zero-order chi connectivity index (χ0) is 20.0. The van der Waals surface area contributed by atoms with Gasteiger partial charge in [-0.1, -0.05) is 29.3 Å². The van der Waals surface area contributed by atoms with Gasteiger partial charge in [0, 0.05) is 17.0 Å². The highest BCUT2D eigenvalue weighted by Gasteiger charge is 2.79. The zero-order valence-electron chi connectivity index (χ0n) is 14.7. The molecule has 1 aromatic rings. The molecule has 0 spiro atoms. The molecule has 138 valence electrons. The monoisotopic (exact) mass is 430 g/mol. The second kappa shape index (κ2) is 6.30. The summed E-state index contributed by atoms with van der Waals surface area (Å²) in [4.78, 5) is 0. The van der Waals surface area contributed by atoms with Crippen LogP contribution in [0.5, 0.6) is 0 Å². The van der Waals surface area contributed by atoms with Gasteiger partial charge in [0.15, 0.2) is 5.41 Å². The minimum atomic E-state index is -2.14. The number of hydrogen-bond acceptors (Lipinski definition) is 6. The molecule has 2 aliphatic rings. The molecule has 3 rings (SSSR count). The van der Waals surface area contributed by atoms with Gasteiger partial charge >= 0.3 is 0 Å². The van der Waals surface area contributed by atoms with Gasteiger partial charge in [0.2, 0.25) is 17.1 Å². The minimum Gasteiger partial charge on any atom is -0.448 e. The summed E-state index contributed by atoms with van der Waals surface area (Å²) in [6, 6.07) is 9.94. The molecule has 6 nitrogen and oxygen atoms in total. The number of halogens is 2. The van der Waals surface area contributed by atoms with E-state index in [1.54, 1.807) is 6.92 Å². The van der Waals surface area contributed by atoms with Crippen molar-refractivity contribution >= 4 is 21.8 Å². The van der Waals surface area contributed by atoms with Crippen LogP contribution in [-0.2, 0) is 9.47 Å². The number of nitriles is 3. The Morgan fingerprint density at radius 1 is 1.26 bits per heavy atom. The second-order valence-corrected chi connectivity index (χ2v) is 7.82. The first-order valence-corrected chi connectivity index (χ1v) is 9.20. The maximum Gasteiger partial charge on any atom is 0.214 e. The molecule has 27 heavy (non-hydrogen) atoms. The quantitative estimate of drug-likeness (QED) is 0.765. The van der Waals surface area contributed by atoms with Crippen molar-refractivity contribution in [2.75, 3.05) is 0 Å². The fourth-order valence-corrected chi connectivity index (χ4v) is 4.69. The zero-order valence-corrected chi connectivity index (χ0v) is 16.3. The average molecular weight is 431 g/mol. The topological polar surface area (TPSA) is 114 Å². The lowest BCUT2D eigenvalue weighted by Gasteiger charge is -2.48. The molecular weight excluding hydrogens is 415 g/mol. The van der Waals surface area contributed by atoms with Crippen LogP contribution in [0.3, 0.4) is 0 Å². The standard InChI is InChI=1S/C19H16BrFN4O2/c1-3-4-14-17(2)26-15(12-7-11(20)5-6-13(12)21)18(8-22,9-23)19(14,10-24)16(25)27-17/h5-7,14-15,25H,3-4H2,1-2H3. The van der Waals surface area contributed by atoms with Crippen molar-refractivity contribution in [2.24, 2.45) is 16.7 Å². The average Bonchev–Trinajstić information content (AvgIpc) is 2.81. The summed E-state index contributed by atoms with van der Waals surface area (Å²) >= 11 is 3.26. The number of ether oxygens (including phenoxy) is 2. The molecule has 0 aliphatic carbocycles. The van der Waals surface area contributed by atoms with Crippen molar-refractivity contribution < 1.29 is 13.9 Å². The lowest BCUT2D eigenvalue weighted by atomic mass is 9.53. The van der Waals surface area contributed by atoms with E-state index in [9.17, 15) is 20.2 Å². The smallest absolute Gasteiger partial charge is 0.214 e. The van der Waals surface area contributed by atoms with E-state index in [2.05, 4.69) is 15.9 Å². The molecule has 0 aromatic heterocycles. The van der Waals surface area contributed by atoms with Gasteiger partial charge in [-0.25, -0.2) is 4.39 Å². The van der Waals surface area contributed by atoms with Gasteiger partial charge in [0.25, 0.3) is 0 Å². The Labute approximate surface area is 164 Å². The van der Waals surface area contributed by atoms with Crippen LogP contribution in [0.2, 0.25) is 0 Å². The SMILES string of the molecule is CCCC1C2(C)OC(=N)C1(C#N)C(C#N)(C#N)C(c1cc(Br)ccc1F)O2. The summed E-state index contributed by atoms with van der Waals surface area (Å²) in [6.45, 7) is 3.46. The second-order valence-electron chi connectivity index (χ2n) is 6.90. The third-order valence-corrected chi connectivity index (χ3v) is 6.03. The third-order valence-electron chi connectivity index (χ3n) is 5.53. The predicted molar refractivity (Wildman–Crippen MR) is 95.2 cm³/mol.